The van der Waals surface area contributed by atoms with Gasteiger partial charge in [-0.15, -0.1) is 24.0 Å². The predicted molar refractivity (Wildman–Crippen MR) is 124 cm³/mol. The van der Waals surface area contributed by atoms with Crippen molar-refractivity contribution < 1.29 is 23.4 Å². The minimum Gasteiger partial charge on any atom is -0.490 e. The number of alkyl halides is 2. The molecule has 0 saturated carbocycles. The first-order valence-corrected chi connectivity index (χ1v) is 9.38. The summed E-state index contributed by atoms with van der Waals surface area (Å²) in [5, 5.41) is 16.0. The van der Waals surface area contributed by atoms with E-state index in [1.165, 1.54) is 6.07 Å². The predicted octanol–water partition coefficient (Wildman–Crippen LogP) is 3.75. The van der Waals surface area contributed by atoms with Gasteiger partial charge < -0.3 is 25.2 Å². The van der Waals surface area contributed by atoms with Gasteiger partial charge in [0.25, 0.3) is 0 Å². The Kier molecular flexibility index (Phi) is 12.1. The summed E-state index contributed by atoms with van der Waals surface area (Å²) in [5.41, 5.74) is 1.86. The molecule has 166 valence electrons. The van der Waals surface area contributed by atoms with Gasteiger partial charge in [-0.25, -0.2) is 0 Å². The van der Waals surface area contributed by atoms with E-state index >= 15 is 0 Å². The zero-order valence-corrected chi connectivity index (χ0v) is 19.3. The van der Waals surface area contributed by atoms with E-state index in [-0.39, 0.29) is 48.0 Å². The van der Waals surface area contributed by atoms with Crippen LogP contribution in [0.5, 0.6) is 11.5 Å². The molecule has 0 radical (unpaired) electrons. The Morgan fingerprint density at radius 3 is 2.43 bits per heavy atom. The van der Waals surface area contributed by atoms with Crippen molar-refractivity contribution in [3.8, 4) is 11.5 Å². The topological polar surface area (TPSA) is 75.1 Å². The molecule has 0 spiro atoms. The summed E-state index contributed by atoms with van der Waals surface area (Å²) in [5.74, 6) is 0.761. The molecule has 1 atom stereocenters. The van der Waals surface area contributed by atoms with Crippen LogP contribution in [-0.2, 0) is 6.54 Å². The zero-order valence-electron chi connectivity index (χ0n) is 17.0. The van der Waals surface area contributed by atoms with E-state index < -0.39 is 6.61 Å². The van der Waals surface area contributed by atoms with Crippen LogP contribution in [0.1, 0.15) is 24.0 Å². The Balaban J connectivity index is 0.00000450. The third-order valence-corrected chi connectivity index (χ3v) is 4.21. The second kappa shape index (κ2) is 14.0. The number of hydrogen-bond acceptors (Lipinski definition) is 4. The Morgan fingerprint density at radius 1 is 1.10 bits per heavy atom. The molecular weight excluding hydrogens is 507 g/mol. The van der Waals surface area contributed by atoms with E-state index in [4.69, 9.17) is 4.74 Å². The summed E-state index contributed by atoms with van der Waals surface area (Å²) in [4.78, 5) is 4.18. The molecule has 1 unspecified atom stereocenters. The average Bonchev–Trinajstić information content (AvgIpc) is 2.73. The number of aliphatic hydroxyl groups is 1. The standard InChI is InChI=1S/C21H27F2N3O3.HI/c1-3-28-19-11-15(9-10-18(19)29-20(22)23)12-25-21(24-2)26-13-17(14-27)16-7-5-4-6-8-16;/h4-11,17,20,27H,3,12-14H2,1-2H3,(H2,24,25,26);1H. The number of aliphatic hydroxyl groups excluding tert-OH is 1. The molecular formula is C21H28F2IN3O3. The van der Waals surface area contributed by atoms with Gasteiger partial charge in [0.1, 0.15) is 0 Å². The van der Waals surface area contributed by atoms with E-state index in [0.717, 1.165) is 11.1 Å². The van der Waals surface area contributed by atoms with E-state index in [0.29, 0.717) is 25.7 Å². The quantitative estimate of drug-likeness (QED) is 0.246. The molecule has 3 N–H and O–H groups in total. The highest BCUT2D eigenvalue weighted by atomic mass is 127. The second-order valence-electron chi connectivity index (χ2n) is 6.19. The van der Waals surface area contributed by atoms with Crippen molar-refractivity contribution >= 4 is 29.9 Å². The number of benzene rings is 2. The number of rotatable bonds is 10. The van der Waals surface area contributed by atoms with Gasteiger partial charge in [0.05, 0.1) is 13.2 Å². The lowest BCUT2D eigenvalue weighted by Gasteiger charge is -2.18. The SMILES string of the molecule is CCOc1cc(CNC(=NC)NCC(CO)c2ccccc2)ccc1OC(F)F.I. The van der Waals surface area contributed by atoms with Crippen LogP contribution in [0.25, 0.3) is 0 Å². The minimum absolute atomic E-state index is 0. The van der Waals surface area contributed by atoms with Crippen LogP contribution >= 0.6 is 24.0 Å². The third kappa shape index (κ3) is 8.31. The van der Waals surface area contributed by atoms with Crippen LogP contribution in [0, 0.1) is 0 Å². The minimum atomic E-state index is -2.91. The summed E-state index contributed by atoms with van der Waals surface area (Å²) in [7, 11) is 1.65. The fraction of sp³-hybridized carbons (Fsp3) is 0.381. The summed E-state index contributed by atoms with van der Waals surface area (Å²) >= 11 is 0. The fourth-order valence-electron chi connectivity index (χ4n) is 2.76. The molecule has 2 rings (SSSR count). The van der Waals surface area contributed by atoms with Crippen LogP contribution in [0.4, 0.5) is 8.78 Å². The van der Waals surface area contributed by atoms with Crippen LogP contribution in [0.15, 0.2) is 53.5 Å². The molecule has 0 saturated heterocycles. The molecule has 0 aliphatic carbocycles. The molecule has 0 aromatic heterocycles. The Morgan fingerprint density at radius 2 is 1.83 bits per heavy atom. The van der Waals surface area contributed by atoms with E-state index in [1.54, 1.807) is 26.1 Å². The number of guanidine groups is 1. The van der Waals surface area contributed by atoms with Gasteiger partial charge in [0, 0.05) is 26.1 Å². The van der Waals surface area contributed by atoms with Crippen molar-refractivity contribution in [2.24, 2.45) is 4.99 Å². The molecule has 2 aromatic carbocycles. The van der Waals surface area contributed by atoms with Gasteiger partial charge in [0.15, 0.2) is 17.5 Å². The van der Waals surface area contributed by atoms with Crippen LogP contribution in [-0.4, -0.2) is 44.5 Å². The van der Waals surface area contributed by atoms with Crippen LogP contribution in [0.2, 0.25) is 0 Å². The van der Waals surface area contributed by atoms with E-state index in [9.17, 15) is 13.9 Å². The monoisotopic (exact) mass is 535 g/mol. The van der Waals surface area contributed by atoms with Crippen molar-refractivity contribution in [3.05, 3.63) is 59.7 Å². The summed E-state index contributed by atoms with van der Waals surface area (Å²) in [6.45, 7) is 0.118. The molecule has 9 heteroatoms. The van der Waals surface area contributed by atoms with Crippen LogP contribution in [0.3, 0.4) is 0 Å². The second-order valence-corrected chi connectivity index (χ2v) is 6.19. The molecule has 0 bridgehead atoms. The van der Waals surface area contributed by atoms with Gasteiger partial charge in [0.2, 0.25) is 0 Å². The number of halogens is 3. The highest BCUT2D eigenvalue weighted by Crippen LogP contribution is 2.29. The maximum absolute atomic E-state index is 12.5. The van der Waals surface area contributed by atoms with Gasteiger partial charge in [-0.05, 0) is 30.2 Å². The van der Waals surface area contributed by atoms with E-state index in [2.05, 4.69) is 20.4 Å². The van der Waals surface area contributed by atoms with E-state index in [1.807, 2.05) is 30.3 Å². The maximum atomic E-state index is 12.5. The first-order chi connectivity index (χ1) is 14.1. The molecule has 0 aliphatic heterocycles. The maximum Gasteiger partial charge on any atom is 0.387 e. The van der Waals surface area contributed by atoms with Crippen molar-refractivity contribution in [3.63, 3.8) is 0 Å². The number of aliphatic imine (C=N–C) groups is 1. The zero-order chi connectivity index (χ0) is 21.1. The van der Waals surface area contributed by atoms with Crippen molar-refractivity contribution in [2.45, 2.75) is 26.0 Å². The number of ether oxygens (including phenoxy) is 2. The summed E-state index contributed by atoms with van der Waals surface area (Å²) in [6.07, 6.45) is 0. The first-order valence-electron chi connectivity index (χ1n) is 9.38. The molecule has 0 amide bonds. The van der Waals surface area contributed by atoms with Gasteiger partial charge in [-0.2, -0.15) is 8.78 Å². The lowest BCUT2D eigenvalue weighted by molar-refractivity contribution is -0.0514. The van der Waals surface area contributed by atoms with Crippen molar-refractivity contribution in [2.75, 3.05) is 26.8 Å². The number of nitrogens with one attached hydrogen (secondary N) is 2. The Bertz CT molecular complexity index is 779. The molecule has 30 heavy (non-hydrogen) atoms. The lowest BCUT2D eigenvalue weighted by Crippen LogP contribution is -2.39. The molecule has 6 nitrogen and oxygen atoms in total. The smallest absolute Gasteiger partial charge is 0.387 e. The summed E-state index contributed by atoms with van der Waals surface area (Å²) < 4.78 is 34.9. The number of hydrogen-bond donors (Lipinski definition) is 3. The lowest BCUT2D eigenvalue weighted by atomic mass is 10.0. The van der Waals surface area contributed by atoms with Crippen molar-refractivity contribution in [1.82, 2.24) is 10.6 Å². The first kappa shape index (κ1) is 25.9. The Hall–Kier alpha value is -2.14. The molecule has 2 aromatic rings. The summed E-state index contributed by atoms with van der Waals surface area (Å²) in [6, 6.07) is 14.5. The van der Waals surface area contributed by atoms with Gasteiger partial charge in [-0.1, -0.05) is 36.4 Å². The normalized spacial score (nSPS) is 12.1. The molecule has 0 aliphatic rings. The van der Waals surface area contributed by atoms with Gasteiger partial charge >= 0.3 is 6.61 Å². The number of nitrogens with zero attached hydrogens (tertiary/aromatic N) is 1. The highest BCUT2D eigenvalue weighted by Gasteiger charge is 2.13. The average molecular weight is 535 g/mol. The highest BCUT2D eigenvalue weighted by molar-refractivity contribution is 14.0. The van der Waals surface area contributed by atoms with Gasteiger partial charge in [-0.3, -0.25) is 4.99 Å². The largest absolute Gasteiger partial charge is 0.490 e. The molecule has 0 fully saturated rings. The third-order valence-electron chi connectivity index (χ3n) is 4.21. The molecule has 0 heterocycles. The Labute approximate surface area is 192 Å². The fourth-order valence-corrected chi connectivity index (χ4v) is 2.76. The van der Waals surface area contributed by atoms with Crippen molar-refractivity contribution in [1.29, 1.82) is 0 Å². The van der Waals surface area contributed by atoms with Crippen LogP contribution < -0.4 is 20.1 Å².